The van der Waals surface area contributed by atoms with Gasteiger partial charge in [-0.1, -0.05) is 67.1 Å². The fourth-order valence-electron chi connectivity index (χ4n) is 3.52. The van der Waals surface area contributed by atoms with Gasteiger partial charge in [-0.2, -0.15) is 0 Å². The second-order valence-corrected chi connectivity index (χ2v) is 7.67. The van der Waals surface area contributed by atoms with Crippen LogP contribution in [0, 0.1) is 11.8 Å². The van der Waals surface area contributed by atoms with Gasteiger partial charge >= 0.3 is 0 Å². The van der Waals surface area contributed by atoms with Gasteiger partial charge in [-0.15, -0.1) is 0 Å². The topological polar surface area (TPSA) is 9.23 Å². The number of hydrogen-bond donors (Lipinski definition) is 0. The second kappa shape index (κ2) is 8.82. The summed E-state index contributed by atoms with van der Waals surface area (Å²) in [5.41, 5.74) is 1.38. The minimum atomic E-state index is 0.608. The van der Waals surface area contributed by atoms with Crippen molar-refractivity contribution in [3.8, 4) is 5.75 Å². The summed E-state index contributed by atoms with van der Waals surface area (Å²) >= 11 is 3.95. The molecule has 2 heteroatoms. The lowest BCUT2D eigenvalue weighted by Crippen LogP contribution is -2.23. The summed E-state index contributed by atoms with van der Waals surface area (Å²) in [5, 5.41) is 0. The molecule has 1 aliphatic carbocycles. The molecule has 1 unspecified atom stereocenters. The molecule has 1 aliphatic rings. The van der Waals surface area contributed by atoms with E-state index < -0.39 is 0 Å². The molecule has 0 saturated heterocycles. The number of hydrogen-bond acceptors (Lipinski definition) is 1. The number of unbranched alkanes of at least 4 members (excludes halogenated alkanes) is 1. The molecular formula is C19H29BrO. The van der Waals surface area contributed by atoms with Gasteiger partial charge in [-0.25, -0.2) is 0 Å². The predicted octanol–water partition coefficient (Wildman–Crippen LogP) is 6.00. The van der Waals surface area contributed by atoms with Crippen LogP contribution in [0.15, 0.2) is 24.3 Å². The Morgan fingerprint density at radius 1 is 1.24 bits per heavy atom. The van der Waals surface area contributed by atoms with Gasteiger partial charge in [-0.05, 0) is 48.8 Å². The molecule has 0 spiro atoms. The minimum Gasteiger partial charge on any atom is -0.497 e. The molecule has 1 nitrogen and oxygen atoms in total. The van der Waals surface area contributed by atoms with Crippen molar-refractivity contribution in [2.24, 2.45) is 11.8 Å². The van der Waals surface area contributed by atoms with Crippen LogP contribution < -0.4 is 4.74 Å². The van der Waals surface area contributed by atoms with Crippen LogP contribution in [0.5, 0.6) is 5.75 Å². The van der Waals surface area contributed by atoms with E-state index in [1.807, 2.05) is 6.07 Å². The molecule has 0 amide bonds. The monoisotopic (exact) mass is 352 g/mol. The summed E-state index contributed by atoms with van der Waals surface area (Å²) in [4.78, 5) is 0.608. The third-order valence-electron chi connectivity index (χ3n) is 4.93. The van der Waals surface area contributed by atoms with Gasteiger partial charge in [0.25, 0.3) is 0 Å². The van der Waals surface area contributed by atoms with Crippen LogP contribution >= 0.6 is 15.9 Å². The van der Waals surface area contributed by atoms with E-state index in [1.54, 1.807) is 7.11 Å². The van der Waals surface area contributed by atoms with E-state index in [1.165, 1.54) is 50.5 Å². The lowest BCUT2D eigenvalue weighted by atomic mass is 9.78. The van der Waals surface area contributed by atoms with Gasteiger partial charge in [0, 0.05) is 4.83 Å². The molecule has 1 aromatic carbocycles. The molecule has 1 saturated carbocycles. The third-order valence-corrected chi connectivity index (χ3v) is 6.01. The van der Waals surface area contributed by atoms with Crippen LogP contribution in [0.3, 0.4) is 0 Å². The van der Waals surface area contributed by atoms with E-state index in [0.717, 1.165) is 24.0 Å². The molecule has 1 aromatic rings. The minimum absolute atomic E-state index is 0.608. The number of rotatable bonds is 7. The SMILES string of the molecule is CCCCC1CCC(C(Br)Cc2cccc(OC)c2)CC1. The highest BCUT2D eigenvalue weighted by Gasteiger charge is 2.26. The van der Waals surface area contributed by atoms with E-state index in [9.17, 15) is 0 Å². The first-order chi connectivity index (χ1) is 10.2. The highest BCUT2D eigenvalue weighted by atomic mass is 79.9. The Bertz CT molecular complexity index is 410. The Hall–Kier alpha value is -0.500. The number of methoxy groups -OCH3 is 1. The first kappa shape index (κ1) is 16.9. The van der Waals surface area contributed by atoms with Crippen LogP contribution in [0.25, 0.3) is 0 Å². The van der Waals surface area contributed by atoms with E-state index in [-0.39, 0.29) is 0 Å². The smallest absolute Gasteiger partial charge is 0.119 e. The van der Waals surface area contributed by atoms with Gasteiger partial charge in [-0.3, -0.25) is 0 Å². The van der Waals surface area contributed by atoms with Crippen molar-refractivity contribution in [1.29, 1.82) is 0 Å². The van der Waals surface area contributed by atoms with Gasteiger partial charge in [0.2, 0.25) is 0 Å². The Morgan fingerprint density at radius 3 is 2.67 bits per heavy atom. The van der Waals surface area contributed by atoms with E-state index in [0.29, 0.717) is 4.83 Å². The number of ether oxygens (including phenoxy) is 1. The first-order valence-electron chi connectivity index (χ1n) is 8.50. The zero-order valence-electron chi connectivity index (χ0n) is 13.5. The normalized spacial score (nSPS) is 23.8. The van der Waals surface area contributed by atoms with Crippen LogP contribution in [0.2, 0.25) is 0 Å². The zero-order chi connectivity index (χ0) is 15.1. The van der Waals surface area contributed by atoms with Crippen LogP contribution in [0.1, 0.15) is 57.4 Å². The Labute approximate surface area is 138 Å². The Kier molecular flexibility index (Phi) is 7.09. The standard InChI is InChI=1S/C19H29BrO/c1-3-4-6-15-9-11-17(12-10-15)19(20)14-16-7-5-8-18(13-16)21-2/h5,7-8,13,15,17,19H,3-4,6,9-12,14H2,1-2H3. The Balaban J connectivity index is 1.80. The molecule has 0 aliphatic heterocycles. The van der Waals surface area contributed by atoms with Crippen molar-refractivity contribution >= 4 is 15.9 Å². The fourth-order valence-corrected chi connectivity index (χ4v) is 4.43. The highest BCUT2D eigenvalue weighted by Crippen LogP contribution is 2.37. The lowest BCUT2D eigenvalue weighted by Gasteiger charge is -2.31. The van der Waals surface area contributed by atoms with Crippen molar-refractivity contribution < 1.29 is 4.74 Å². The summed E-state index contributed by atoms with van der Waals surface area (Å²) in [6.45, 7) is 2.30. The average molecular weight is 353 g/mol. The quantitative estimate of drug-likeness (QED) is 0.547. The summed E-state index contributed by atoms with van der Waals surface area (Å²) in [7, 11) is 1.74. The van der Waals surface area contributed by atoms with Crippen molar-refractivity contribution in [2.75, 3.05) is 7.11 Å². The summed E-state index contributed by atoms with van der Waals surface area (Å²) in [6.07, 6.45) is 11.0. The van der Waals surface area contributed by atoms with Crippen LogP contribution in [-0.2, 0) is 6.42 Å². The molecule has 21 heavy (non-hydrogen) atoms. The van der Waals surface area contributed by atoms with E-state index >= 15 is 0 Å². The highest BCUT2D eigenvalue weighted by molar-refractivity contribution is 9.09. The first-order valence-corrected chi connectivity index (χ1v) is 9.41. The van der Waals surface area contributed by atoms with Crippen molar-refractivity contribution in [2.45, 2.75) is 63.1 Å². The van der Waals surface area contributed by atoms with Crippen LogP contribution in [-0.4, -0.2) is 11.9 Å². The third kappa shape index (κ3) is 5.32. The molecular weight excluding hydrogens is 324 g/mol. The van der Waals surface area contributed by atoms with E-state index in [4.69, 9.17) is 4.74 Å². The number of halogens is 1. The molecule has 0 bridgehead atoms. The summed E-state index contributed by atoms with van der Waals surface area (Å²) in [5.74, 6) is 2.81. The molecule has 1 atom stereocenters. The molecule has 118 valence electrons. The lowest BCUT2D eigenvalue weighted by molar-refractivity contribution is 0.256. The maximum absolute atomic E-state index is 5.32. The van der Waals surface area contributed by atoms with Crippen LogP contribution in [0.4, 0.5) is 0 Å². The van der Waals surface area contributed by atoms with Crippen molar-refractivity contribution in [3.05, 3.63) is 29.8 Å². The molecule has 0 N–H and O–H groups in total. The molecule has 0 aromatic heterocycles. The van der Waals surface area contributed by atoms with Crippen molar-refractivity contribution in [3.63, 3.8) is 0 Å². The molecule has 0 heterocycles. The second-order valence-electron chi connectivity index (χ2n) is 6.49. The number of benzene rings is 1. The van der Waals surface area contributed by atoms with Gasteiger partial charge in [0.1, 0.15) is 5.75 Å². The summed E-state index contributed by atoms with van der Waals surface area (Å²) < 4.78 is 5.32. The van der Waals surface area contributed by atoms with Gasteiger partial charge in [0.15, 0.2) is 0 Å². The molecule has 2 rings (SSSR count). The van der Waals surface area contributed by atoms with E-state index in [2.05, 4.69) is 41.1 Å². The Morgan fingerprint density at radius 2 is 2.00 bits per heavy atom. The van der Waals surface area contributed by atoms with Gasteiger partial charge in [0.05, 0.1) is 7.11 Å². The van der Waals surface area contributed by atoms with Crippen molar-refractivity contribution in [1.82, 2.24) is 0 Å². The van der Waals surface area contributed by atoms with Gasteiger partial charge < -0.3 is 4.74 Å². The summed E-state index contributed by atoms with van der Waals surface area (Å²) in [6, 6.07) is 8.49. The molecule has 0 radical (unpaired) electrons. The number of alkyl halides is 1. The molecule has 1 fully saturated rings. The predicted molar refractivity (Wildman–Crippen MR) is 94.4 cm³/mol. The maximum atomic E-state index is 5.32. The average Bonchev–Trinajstić information content (AvgIpc) is 2.53. The maximum Gasteiger partial charge on any atom is 0.119 e. The largest absolute Gasteiger partial charge is 0.497 e. The zero-order valence-corrected chi connectivity index (χ0v) is 15.1. The fraction of sp³-hybridized carbons (Fsp3) is 0.684.